The number of hydrogen-bond donors (Lipinski definition) is 0. The number of thioether (sulfide) groups is 1. The number of nitrogens with zero attached hydrogens (tertiary/aromatic N) is 2. The standard InChI is InChI=1S/C22H24N2O3S/c1-4-15-7-8-16(5-2)19(13-15)20(25)14-28-22-24-23-21(27-22)17-9-11-18(12-10-17)26-6-3/h7-13H,4-6,14H2,1-3H3. The fraction of sp³-hybridized carbons (Fsp3) is 0.318. The zero-order valence-corrected chi connectivity index (χ0v) is 17.2. The van der Waals surface area contributed by atoms with Crippen LogP contribution in [0.1, 0.15) is 42.3 Å². The molecule has 0 radical (unpaired) electrons. The zero-order chi connectivity index (χ0) is 19.9. The first-order valence-corrected chi connectivity index (χ1v) is 10.5. The lowest BCUT2D eigenvalue weighted by Crippen LogP contribution is -2.07. The van der Waals surface area contributed by atoms with Gasteiger partial charge in [0.1, 0.15) is 5.75 Å². The molecule has 0 fully saturated rings. The first-order valence-electron chi connectivity index (χ1n) is 9.49. The molecule has 146 valence electrons. The summed E-state index contributed by atoms with van der Waals surface area (Å²) in [5.41, 5.74) is 3.85. The Morgan fingerprint density at radius 3 is 2.50 bits per heavy atom. The lowest BCUT2D eigenvalue weighted by Gasteiger charge is -2.08. The van der Waals surface area contributed by atoms with E-state index in [4.69, 9.17) is 9.15 Å². The van der Waals surface area contributed by atoms with E-state index in [9.17, 15) is 4.79 Å². The molecule has 3 aromatic rings. The molecule has 0 atom stereocenters. The molecule has 0 spiro atoms. The van der Waals surface area contributed by atoms with Crippen LogP contribution in [-0.2, 0) is 12.8 Å². The summed E-state index contributed by atoms with van der Waals surface area (Å²) >= 11 is 1.27. The number of ketones is 1. The number of carbonyl (C=O) groups is 1. The molecule has 0 aliphatic carbocycles. The van der Waals surface area contributed by atoms with Crippen LogP contribution in [0, 0.1) is 0 Å². The molecular weight excluding hydrogens is 372 g/mol. The summed E-state index contributed by atoms with van der Waals surface area (Å²) in [5, 5.41) is 8.53. The predicted octanol–water partition coefficient (Wildman–Crippen LogP) is 5.24. The number of rotatable bonds is 9. The molecule has 0 unspecified atom stereocenters. The van der Waals surface area contributed by atoms with Gasteiger partial charge in [-0.25, -0.2) is 0 Å². The topological polar surface area (TPSA) is 65.2 Å². The van der Waals surface area contributed by atoms with Crippen LogP contribution < -0.4 is 4.74 Å². The van der Waals surface area contributed by atoms with Crippen molar-refractivity contribution in [1.82, 2.24) is 10.2 Å². The van der Waals surface area contributed by atoms with Crippen LogP contribution >= 0.6 is 11.8 Å². The minimum atomic E-state index is 0.0815. The molecule has 1 heterocycles. The Hall–Kier alpha value is -2.60. The molecule has 2 aromatic carbocycles. The molecule has 6 heteroatoms. The summed E-state index contributed by atoms with van der Waals surface area (Å²) in [6.07, 6.45) is 1.74. The van der Waals surface area contributed by atoms with E-state index in [-0.39, 0.29) is 11.5 Å². The summed E-state index contributed by atoms with van der Waals surface area (Å²) < 4.78 is 11.1. The maximum atomic E-state index is 12.7. The van der Waals surface area contributed by atoms with E-state index >= 15 is 0 Å². The Bertz CT molecular complexity index is 935. The highest BCUT2D eigenvalue weighted by atomic mass is 32.2. The van der Waals surface area contributed by atoms with Crippen molar-refractivity contribution in [3.05, 3.63) is 59.2 Å². The van der Waals surface area contributed by atoms with Gasteiger partial charge in [-0.1, -0.05) is 37.7 Å². The van der Waals surface area contributed by atoms with E-state index < -0.39 is 0 Å². The van der Waals surface area contributed by atoms with Gasteiger partial charge < -0.3 is 9.15 Å². The fourth-order valence-electron chi connectivity index (χ4n) is 2.86. The summed E-state index contributed by atoms with van der Waals surface area (Å²) in [7, 11) is 0. The Morgan fingerprint density at radius 2 is 1.82 bits per heavy atom. The monoisotopic (exact) mass is 396 g/mol. The van der Waals surface area contributed by atoms with Crippen molar-refractivity contribution in [3.63, 3.8) is 0 Å². The van der Waals surface area contributed by atoms with Gasteiger partial charge in [-0.2, -0.15) is 0 Å². The maximum absolute atomic E-state index is 12.7. The van der Waals surface area contributed by atoms with Crippen molar-refractivity contribution in [2.75, 3.05) is 12.4 Å². The quantitative estimate of drug-likeness (QED) is 0.364. The van der Waals surface area contributed by atoms with E-state index in [1.165, 1.54) is 17.3 Å². The summed E-state index contributed by atoms with van der Waals surface area (Å²) in [5.74, 6) is 1.58. The number of carbonyl (C=O) groups excluding carboxylic acids is 1. The third-order valence-corrected chi connectivity index (χ3v) is 5.23. The smallest absolute Gasteiger partial charge is 0.277 e. The molecule has 0 saturated carbocycles. The van der Waals surface area contributed by atoms with E-state index in [0.717, 1.165) is 35.3 Å². The second-order valence-electron chi connectivity index (χ2n) is 6.24. The van der Waals surface area contributed by atoms with Crippen molar-refractivity contribution in [2.45, 2.75) is 38.8 Å². The Kier molecular flexibility index (Phi) is 6.87. The molecule has 0 saturated heterocycles. The summed E-state index contributed by atoms with van der Waals surface area (Å²) in [6.45, 7) is 6.71. The number of ether oxygens (including phenoxy) is 1. The highest BCUT2D eigenvalue weighted by Gasteiger charge is 2.15. The largest absolute Gasteiger partial charge is 0.494 e. The van der Waals surface area contributed by atoms with E-state index in [1.54, 1.807) is 0 Å². The average Bonchev–Trinajstić information content (AvgIpc) is 3.21. The van der Waals surface area contributed by atoms with E-state index in [2.05, 4.69) is 30.1 Å². The molecule has 1 aromatic heterocycles. The van der Waals surface area contributed by atoms with Gasteiger partial charge in [0, 0.05) is 11.1 Å². The van der Waals surface area contributed by atoms with Crippen LogP contribution in [0.4, 0.5) is 0 Å². The highest BCUT2D eigenvalue weighted by Crippen LogP contribution is 2.26. The molecule has 0 amide bonds. The Balaban J connectivity index is 1.66. The number of Topliss-reactive ketones (excluding diaryl/α,β-unsaturated/α-hetero) is 1. The van der Waals surface area contributed by atoms with Crippen LogP contribution in [0.3, 0.4) is 0 Å². The van der Waals surface area contributed by atoms with Crippen LogP contribution in [0.15, 0.2) is 52.1 Å². The molecule has 0 N–H and O–H groups in total. The van der Waals surface area contributed by atoms with Gasteiger partial charge >= 0.3 is 0 Å². The molecular formula is C22H24N2O3S. The van der Waals surface area contributed by atoms with Gasteiger partial charge in [0.25, 0.3) is 5.22 Å². The van der Waals surface area contributed by atoms with Gasteiger partial charge in [-0.15, -0.1) is 10.2 Å². The van der Waals surface area contributed by atoms with Crippen LogP contribution in [0.2, 0.25) is 0 Å². The molecule has 3 rings (SSSR count). The lowest BCUT2D eigenvalue weighted by molar-refractivity contribution is 0.102. The Labute approximate surface area is 169 Å². The third-order valence-electron chi connectivity index (χ3n) is 4.41. The highest BCUT2D eigenvalue weighted by molar-refractivity contribution is 7.99. The summed E-state index contributed by atoms with van der Waals surface area (Å²) in [4.78, 5) is 12.7. The molecule has 5 nitrogen and oxygen atoms in total. The van der Waals surface area contributed by atoms with Gasteiger partial charge in [-0.05, 0) is 61.2 Å². The van der Waals surface area contributed by atoms with Crippen LogP contribution in [-0.4, -0.2) is 28.3 Å². The molecule has 28 heavy (non-hydrogen) atoms. The minimum Gasteiger partial charge on any atom is -0.494 e. The average molecular weight is 397 g/mol. The van der Waals surface area contributed by atoms with Crippen molar-refractivity contribution < 1.29 is 13.9 Å². The summed E-state index contributed by atoms with van der Waals surface area (Å²) in [6, 6.07) is 13.6. The van der Waals surface area contributed by atoms with Gasteiger partial charge in [0.05, 0.1) is 12.4 Å². The second-order valence-corrected chi connectivity index (χ2v) is 7.17. The van der Waals surface area contributed by atoms with Crippen LogP contribution in [0.5, 0.6) is 5.75 Å². The number of aryl methyl sites for hydroxylation is 2. The predicted molar refractivity (Wildman–Crippen MR) is 111 cm³/mol. The van der Waals surface area contributed by atoms with Gasteiger partial charge in [-0.3, -0.25) is 4.79 Å². The fourth-order valence-corrected chi connectivity index (χ4v) is 3.51. The first-order chi connectivity index (χ1) is 13.6. The number of aromatic nitrogens is 2. The van der Waals surface area contributed by atoms with Crippen molar-refractivity contribution in [3.8, 4) is 17.2 Å². The lowest BCUT2D eigenvalue weighted by atomic mass is 9.98. The van der Waals surface area contributed by atoms with Gasteiger partial charge in [0.15, 0.2) is 5.78 Å². The van der Waals surface area contributed by atoms with Crippen molar-refractivity contribution >= 4 is 17.5 Å². The zero-order valence-electron chi connectivity index (χ0n) is 16.4. The van der Waals surface area contributed by atoms with Gasteiger partial charge in [0.2, 0.25) is 5.89 Å². The Morgan fingerprint density at radius 1 is 1.04 bits per heavy atom. The third kappa shape index (κ3) is 4.81. The van der Waals surface area contributed by atoms with Crippen LogP contribution in [0.25, 0.3) is 11.5 Å². The van der Waals surface area contributed by atoms with E-state index in [0.29, 0.717) is 17.7 Å². The molecule has 0 bridgehead atoms. The first kappa shape index (κ1) is 20.1. The normalized spacial score (nSPS) is 10.8. The molecule has 0 aliphatic heterocycles. The van der Waals surface area contributed by atoms with E-state index in [1.807, 2.05) is 43.3 Å². The SMILES string of the molecule is CCOc1ccc(-c2nnc(SCC(=O)c3cc(CC)ccc3CC)o2)cc1. The maximum Gasteiger partial charge on any atom is 0.277 e. The van der Waals surface area contributed by atoms with Crippen molar-refractivity contribution in [1.29, 1.82) is 0 Å². The number of benzene rings is 2. The second kappa shape index (κ2) is 9.55. The number of hydrogen-bond acceptors (Lipinski definition) is 6. The molecule has 0 aliphatic rings. The minimum absolute atomic E-state index is 0.0815. The van der Waals surface area contributed by atoms with Crippen molar-refractivity contribution in [2.24, 2.45) is 0 Å².